The van der Waals surface area contributed by atoms with Crippen LogP contribution in [-0.2, 0) is 9.53 Å². The summed E-state index contributed by atoms with van der Waals surface area (Å²) in [6.45, 7) is 2.09. The van der Waals surface area contributed by atoms with E-state index in [4.69, 9.17) is 9.47 Å². The quantitative estimate of drug-likeness (QED) is 0.629. The smallest absolute Gasteiger partial charge is 0.338 e. The molecule has 0 aliphatic carbocycles. The Labute approximate surface area is 161 Å². The van der Waals surface area contributed by atoms with E-state index in [0.717, 1.165) is 11.3 Å². The molecule has 1 heterocycles. The van der Waals surface area contributed by atoms with Gasteiger partial charge in [-0.15, -0.1) is 0 Å². The molecule has 138 valence electrons. The van der Waals surface area contributed by atoms with Crippen LogP contribution in [0.4, 0.5) is 5.69 Å². The summed E-state index contributed by atoms with van der Waals surface area (Å²) in [5.74, 6) is 0.192. The molecule has 0 unspecified atom stereocenters. The molecule has 1 N–H and O–H groups in total. The van der Waals surface area contributed by atoms with Gasteiger partial charge in [0.15, 0.2) is 5.17 Å². The van der Waals surface area contributed by atoms with Crippen molar-refractivity contribution in [1.29, 1.82) is 0 Å². The van der Waals surface area contributed by atoms with E-state index in [-0.39, 0.29) is 11.9 Å². The third-order valence-corrected chi connectivity index (χ3v) is 4.58. The van der Waals surface area contributed by atoms with Gasteiger partial charge in [0.05, 0.1) is 29.9 Å². The first-order chi connectivity index (χ1) is 13.1. The molecule has 0 saturated carbocycles. The molecule has 3 rings (SSSR count). The first kappa shape index (κ1) is 18.7. The van der Waals surface area contributed by atoms with Gasteiger partial charge in [-0.2, -0.15) is 0 Å². The molecule has 27 heavy (non-hydrogen) atoms. The molecule has 1 aliphatic heterocycles. The molecule has 6 nitrogen and oxygen atoms in total. The number of benzene rings is 2. The Morgan fingerprint density at radius 1 is 1.15 bits per heavy atom. The predicted octanol–water partition coefficient (Wildman–Crippen LogP) is 3.76. The second-order valence-corrected chi connectivity index (χ2v) is 6.55. The highest BCUT2D eigenvalue weighted by Crippen LogP contribution is 2.28. The first-order valence-electron chi connectivity index (χ1n) is 8.30. The van der Waals surface area contributed by atoms with Crippen LogP contribution in [0.5, 0.6) is 5.75 Å². The number of amides is 1. The van der Waals surface area contributed by atoms with Crippen LogP contribution >= 0.6 is 11.8 Å². The minimum Gasteiger partial charge on any atom is -0.497 e. The van der Waals surface area contributed by atoms with Gasteiger partial charge in [-0.3, -0.25) is 4.79 Å². The van der Waals surface area contributed by atoms with E-state index in [1.54, 1.807) is 44.4 Å². The van der Waals surface area contributed by atoms with E-state index in [9.17, 15) is 9.59 Å². The average Bonchev–Trinajstić information content (AvgIpc) is 3.02. The fourth-order valence-electron chi connectivity index (χ4n) is 2.34. The van der Waals surface area contributed by atoms with Crippen molar-refractivity contribution in [2.45, 2.75) is 6.92 Å². The number of hydrogen-bond acceptors (Lipinski definition) is 6. The lowest BCUT2D eigenvalue weighted by molar-refractivity contribution is -0.115. The summed E-state index contributed by atoms with van der Waals surface area (Å²) in [7, 11) is 1.61. The predicted molar refractivity (Wildman–Crippen MR) is 106 cm³/mol. The molecule has 0 atom stereocenters. The molecule has 2 aromatic rings. The van der Waals surface area contributed by atoms with E-state index in [1.807, 2.05) is 24.3 Å². The number of carbonyl (C=O) groups is 2. The van der Waals surface area contributed by atoms with Crippen molar-refractivity contribution in [3.05, 3.63) is 64.6 Å². The molecular weight excluding hydrogens is 364 g/mol. The number of carbonyl (C=O) groups excluding carboxylic acids is 2. The Balaban J connectivity index is 1.72. The van der Waals surface area contributed by atoms with Crippen LogP contribution in [0.1, 0.15) is 22.8 Å². The molecule has 0 radical (unpaired) electrons. The number of hydrogen-bond donors (Lipinski definition) is 1. The lowest BCUT2D eigenvalue weighted by atomic mass is 10.2. The standard InChI is InChI=1S/C20H18N2O4S/c1-3-26-19(24)14-6-8-15(9-7-14)21-20-22-18(23)17(27-20)12-13-4-10-16(25-2)11-5-13/h4-12H,3H2,1-2H3,(H,21,22,23)/b17-12+. The van der Waals surface area contributed by atoms with Crippen LogP contribution in [0.15, 0.2) is 58.4 Å². The van der Waals surface area contributed by atoms with Crippen molar-refractivity contribution in [2.75, 3.05) is 13.7 Å². The van der Waals surface area contributed by atoms with Gasteiger partial charge in [0.25, 0.3) is 5.91 Å². The first-order valence-corrected chi connectivity index (χ1v) is 9.11. The molecule has 1 aliphatic rings. The number of rotatable bonds is 5. The van der Waals surface area contributed by atoms with E-state index in [2.05, 4.69) is 10.3 Å². The van der Waals surface area contributed by atoms with Crippen molar-refractivity contribution in [2.24, 2.45) is 4.99 Å². The Hall–Kier alpha value is -3.06. The molecule has 2 aromatic carbocycles. The molecule has 1 amide bonds. The lowest BCUT2D eigenvalue weighted by Crippen LogP contribution is -2.19. The Morgan fingerprint density at radius 3 is 2.48 bits per heavy atom. The van der Waals surface area contributed by atoms with Crippen molar-refractivity contribution >= 4 is 40.6 Å². The zero-order valence-corrected chi connectivity index (χ0v) is 15.7. The van der Waals surface area contributed by atoms with E-state index in [0.29, 0.717) is 27.9 Å². The summed E-state index contributed by atoms with van der Waals surface area (Å²) in [5.41, 5.74) is 1.99. The highest BCUT2D eigenvalue weighted by molar-refractivity contribution is 8.18. The second kappa shape index (κ2) is 8.55. The van der Waals surface area contributed by atoms with Crippen LogP contribution in [0.25, 0.3) is 6.08 Å². The van der Waals surface area contributed by atoms with Gasteiger partial charge in [-0.25, -0.2) is 9.79 Å². The summed E-state index contributed by atoms with van der Waals surface area (Å²) in [6, 6.07) is 14.1. The molecule has 1 saturated heterocycles. The Bertz CT molecular complexity index is 903. The van der Waals surface area contributed by atoms with E-state index in [1.165, 1.54) is 11.8 Å². The Morgan fingerprint density at radius 2 is 1.85 bits per heavy atom. The monoisotopic (exact) mass is 382 g/mol. The number of nitrogens with one attached hydrogen (secondary N) is 1. The molecule has 0 spiro atoms. The maximum Gasteiger partial charge on any atom is 0.338 e. The molecule has 1 fully saturated rings. The maximum atomic E-state index is 12.2. The minimum atomic E-state index is -0.370. The van der Waals surface area contributed by atoms with Crippen molar-refractivity contribution < 1.29 is 19.1 Å². The minimum absolute atomic E-state index is 0.197. The number of methoxy groups -OCH3 is 1. The third kappa shape index (κ3) is 4.77. The van der Waals surface area contributed by atoms with Crippen molar-refractivity contribution in [3.63, 3.8) is 0 Å². The van der Waals surface area contributed by atoms with Crippen molar-refractivity contribution in [1.82, 2.24) is 5.32 Å². The highest BCUT2D eigenvalue weighted by atomic mass is 32.2. The van der Waals surface area contributed by atoms with Crippen LogP contribution in [0.2, 0.25) is 0 Å². The molecule has 0 aromatic heterocycles. The SMILES string of the molecule is CCOC(=O)c1ccc(N=C2NC(=O)/C(=C\c3ccc(OC)cc3)S2)cc1. The fraction of sp³-hybridized carbons (Fsp3) is 0.150. The number of nitrogens with zero attached hydrogens (tertiary/aromatic N) is 1. The number of esters is 1. The summed E-state index contributed by atoms with van der Waals surface area (Å²) in [4.78, 5) is 28.8. The van der Waals surface area contributed by atoms with Gasteiger partial charge in [-0.05, 0) is 66.7 Å². The summed E-state index contributed by atoms with van der Waals surface area (Å²) in [6.07, 6.45) is 1.80. The number of aliphatic imine (C=N–C) groups is 1. The van der Waals surface area contributed by atoms with Crippen LogP contribution in [-0.4, -0.2) is 30.8 Å². The summed E-state index contributed by atoms with van der Waals surface area (Å²) < 4.78 is 10.1. The summed E-state index contributed by atoms with van der Waals surface area (Å²) in [5, 5.41) is 3.23. The van der Waals surface area contributed by atoms with Gasteiger partial charge in [0.2, 0.25) is 0 Å². The largest absolute Gasteiger partial charge is 0.497 e. The average molecular weight is 382 g/mol. The lowest BCUT2D eigenvalue weighted by Gasteiger charge is -2.02. The van der Waals surface area contributed by atoms with Gasteiger partial charge in [0, 0.05) is 0 Å². The molecule has 7 heteroatoms. The summed E-state index contributed by atoms with van der Waals surface area (Å²) >= 11 is 1.26. The number of amidine groups is 1. The van der Waals surface area contributed by atoms with Crippen molar-refractivity contribution in [3.8, 4) is 5.75 Å². The number of thioether (sulfide) groups is 1. The van der Waals surface area contributed by atoms with Crippen LogP contribution < -0.4 is 10.1 Å². The van der Waals surface area contributed by atoms with Gasteiger partial charge < -0.3 is 14.8 Å². The Kier molecular flexibility index (Phi) is 5.93. The zero-order chi connectivity index (χ0) is 19.2. The fourth-order valence-corrected chi connectivity index (χ4v) is 3.18. The van der Waals surface area contributed by atoms with Crippen LogP contribution in [0, 0.1) is 0 Å². The van der Waals surface area contributed by atoms with Gasteiger partial charge in [-0.1, -0.05) is 12.1 Å². The number of ether oxygens (including phenoxy) is 2. The maximum absolute atomic E-state index is 12.2. The van der Waals surface area contributed by atoms with Crippen LogP contribution in [0.3, 0.4) is 0 Å². The second-order valence-electron chi connectivity index (χ2n) is 5.52. The van der Waals surface area contributed by atoms with E-state index >= 15 is 0 Å². The normalized spacial score (nSPS) is 16.4. The highest BCUT2D eigenvalue weighted by Gasteiger charge is 2.23. The molecule has 0 bridgehead atoms. The van der Waals surface area contributed by atoms with Gasteiger partial charge in [0.1, 0.15) is 5.75 Å². The zero-order valence-electron chi connectivity index (χ0n) is 14.9. The van der Waals surface area contributed by atoms with Gasteiger partial charge >= 0.3 is 5.97 Å². The van der Waals surface area contributed by atoms with E-state index < -0.39 is 0 Å². The topological polar surface area (TPSA) is 77.0 Å². The molecular formula is C20H18N2O4S. The third-order valence-electron chi connectivity index (χ3n) is 3.67.